The molecule has 0 bridgehead atoms. The summed E-state index contributed by atoms with van der Waals surface area (Å²) >= 11 is 0. The first-order valence-corrected chi connectivity index (χ1v) is 9.70. The third-order valence-corrected chi connectivity index (χ3v) is 8.38. The molecule has 3 unspecified atom stereocenters. The quantitative estimate of drug-likeness (QED) is 0.797. The molecule has 4 aliphatic rings. The van der Waals surface area contributed by atoms with E-state index in [-0.39, 0.29) is 34.6 Å². The molecule has 0 heterocycles. The first-order valence-electron chi connectivity index (χ1n) is 9.70. The number of rotatable bonds is 1. The van der Waals surface area contributed by atoms with Gasteiger partial charge in [-0.25, -0.2) is 0 Å². The molecule has 3 heteroatoms. The zero-order valence-electron chi connectivity index (χ0n) is 15.2. The second kappa shape index (κ2) is 5.27. The summed E-state index contributed by atoms with van der Waals surface area (Å²) in [6.45, 7) is 6.27. The van der Waals surface area contributed by atoms with E-state index >= 15 is 0 Å². The lowest BCUT2D eigenvalue weighted by atomic mass is 9.46. The van der Waals surface area contributed by atoms with Gasteiger partial charge in [0, 0.05) is 12.3 Å². The van der Waals surface area contributed by atoms with Gasteiger partial charge in [0.15, 0.2) is 5.78 Å². The van der Waals surface area contributed by atoms with Crippen molar-refractivity contribution >= 4 is 11.6 Å². The molecule has 0 radical (unpaired) electrons. The van der Waals surface area contributed by atoms with E-state index in [0.29, 0.717) is 24.0 Å². The molecule has 3 saturated carbocycles. The third kappa shape index (κ3) is 2.06. The summed E-state index contributed by atoms with van der Waals surface area (Å²) in [4.78, 5) is 24.0. The summed E-state index contributed by atoms with van der Waals surface area (Å²) in [5.74, 6) is 1.99. The van der Waals surface area contributed by atoms with Gasteiger partial charge in [0.25, 0.3) is 0 Å². The molecule has 4 rings (SSSR count). The van der Waals surface area contributed by atoms with Crippen LogP contribution in [0.4, 0.5) is 0 Å². The van der Waals surface area contributed by atoms with E-state index in [1.807, 2.05) is 6.08 Å². The first-order chi connectivity index (χ1) is 11.3. The van der Waals surface area contributed by atoms with Crippen LogP contribution in [0.5, 0.6) is 0 Å². The fourth-order valence-electron chi connectivity index (χ4n) is 7.35. The largest absolute Gasteiger partial charge is 0.393 e. The number of allylic oxidation sites excluding steroid dienone is 1. The van der Waals surface area contributed by atoms with Crippen molar-refractivity contribution in [3.05, 3.63) is 11.6 Å². The molecule has 0 aliphatic heterocycles. The molecule has 0 aromatic rings. The summed E-state index contributed by atoms with van der Waals surface area (Å²) in [6, 6.07) is 0. The standard InChI is InChI=1S/C21H30O3/c1-12(22)16-6-7-17-15-5-4-13-10-14(23)8-9-20(13,2)19(15)18(24)11-21(16,17)3/h10,15-19,24H,4-9,11H2,1-3H3/t15-,16+,17?,18?,19?,20-,21+/m0/s1. The topological polar surface area (TPSA) is 54.4 Å². The van der Waals surface area contributed by atoms with Crippen molar-refractivity contribution < 1.29 is 14.7 Å². The number of carbonyl (C=O) groups excluding carboxylic acids is 2. The van der Waals surface area contributed by atoms with Crippen LogP contribution in [0.15, 0.2) is 11.6 Å². The van der Waals surface area contributed by atoms with Crippen molar-refractivity contribution in [2.24, 2.45) is 34.5 Å². The molecule has 0 spiro atoms. The van der Waals surface area contributed by atoms with Crippen LogP contribution in [-0.2, 0) is 9.59 Å². The smallest absolute Gasteiger partial charge is 0.155 e. The van der Waals surface area contributed by atoms with Crippen LogP contribution in [0, 0.1) is 34.5 Å². The van der Waals surface area contributed by atoms with Gasteiger partial charge < -0.3 is 5.11 Å². The summed E-state index contributed by atoms with van der Waals surface area (Å²) in [6.07, 6.45) is 7.97. The molecule has 7 atom stereocenters. The minimum atomic E-state index is -0.349. The number of aliphatic hydroxyl groups excluding tert-OH is 1. The molecule has 24 heavy (non-hydrogen) atoms. The second-order valence-electron chi connectivity index (χ2n) is 9.41. The van der Waals surface area contributed by atoms with Crippen LogP contribution < -0.4 is 0 Å². The van der Waals surface area contributed by atoms with E-state index < -0.39 is 0 Å². The van der Waals surface area contributed by atoms with Crippen molar-refractivity contribution in [1.29, 1.82) is 0 Å². The number of aliphatic hydroxyl groups is 1. The Bertz CT molecular complexity index is 621. The first kappa shape index (κ1) is 16.5. The summed E-state index contributed by atoms with van der Waals surface area (Å²) in [5, 5.41) is 11.2. The molecule has 3 nitrogen and oxygen atoms in total. The Morgan fingerprint density at radius 1 is 1.21 bits per heavy atom. The predicted molar refractivity (Wildman–Crippen MR) is 92.3 cm³/mol. The maximum Gasteiger partial charge on any atom is 0.155 e. The number of hydrogen-bond donors (Lipinski definition) is 1. The van der Waals surface area contributed by atoms with Crippen molar-refractivity contribution in [2.45, 2.75) is 71.8 Å². The molecule has 0 aromatic carbocycles. The average molecular weight is 330 g/mol. The Kier molecular flexibility index (Phi) is 3.62. The summed E-state index contributed by atoms with van der Waals surface area (Å²) in [5.41, 5.74) is 1.23. The monoisotopic (exact) mass is 330 g/mol. The number of carbonyl (C=O) groups is 2. The number of fused-ring (bicyclic) bond motifs is 5. The van der Waals surface area contributed by atoms with Crippen molar-refractivity contribution in [1.82, 2.24) is 0 Å². The lowest BCUT2D eigenvalue weighted by Gasteiger charge is -2.59. The number of hydrogen-bond acceptors (Lipinski definition) is 3. The van der Waals surface area contributed by atoms with Gasteiger partial charge in [0.05, 0.1) is 6.10 Å². The lowest BCUT2D eigenvalue weighted by molar-refractivity contribution is -0.143. The molecule has 3 fully saturated rings. The molecular weight excluding hydrogens is 300 g/mol. The predicted octanol–water partition coefficient (Wildman–Crippen LogP) is 3.69. The molecule has 0 aromatic heterocycles. The van der Waals surface area contributed by atoms with Gasteiger partial charge in [0.2, 0.25) is 0 Å². The summed E-state index contributed by atoms with van der Waals surface area (Å²) < 4.78 is 0. The van der Waals surface area contributed by atoms with Gasteiger partial charge >= 0.3 is 0 Å². The van der Waals surface area contributed by atoms with Crippen LogP contribution in [0.3, 0.4) is 0 Å². The number of ketones is 2. The summed E-state index contributed by atoms with van der Waals surface area (Å²) in [7, 11) is 0. The Morgan fingerprint density at radius 2 is 1.96 bits per heavy atom. The van der Waals surface area contributed by atoms with E-state index in [0.717, 1.165) is 38.5 Å². The fraction of sp³-hybridized carbons (Fsp3) is 0.810. The van der Waals surface area contributed by atoms with Gasteiger partial charge in [-0.3, -0.25) is 9.59 Å². The lowest BCUT2D eigenvalue weighted by Crippen LogP contribution is -2.56. The molecule has 4 aliphatic carbocycles. The van der Waals surface area contributed by atoms with Crippen molar-refractivity contribution in [2.75, 3.05) is 0 Å². The van der Waals surface area contributed by atoms with E-state index in [1.165, 1.54) is 5.57 Å². The average Bonchev–Trinajstić information content (AvgIpc) is 2.84. The van der Waals surface area contributed by atoms with E-state index in [9.17, 15) is 14.7 Å². The highest BCUT2D eigenvalue weighted by Gasteiger charge is 2.62. The Balaban J connectivity index is 1.72. The normalized spacial score (nSPS) is 50.6. The van der Waals surface area contributed by atoms with Crippen LogP contribution in [0.1, 0.15) is 65.7 Å². The SMILES string of the molecule is CC(=O)[C@H]1CCC2[C@@H]3CCC4=CC(=O)CC[C@]4(C)C3C(O)C[C@@]21C. The molecule has 0 amide bonds. The van der Waals surface area contributed by atoms with Crippen molar-refractivity contribution in [3.8, 4) is 0 Å². The van der Waals surface area contributed by atoms with Crippen LogP contribution in [-0.4, -0.2) is 22.8 Å². The van der Waals surface area contributed by atoms with Gasteiger partial charge in [-0.1, -0.05) is 19.4 Å². The number of Topliss-reactive ketones (excluding diaryl/α,β-unsaturated/α-hetero) is 1. The highest BCUT2D eigenvalue weighted by Crippen LogP contribution is 2.66. The Hall–Kier alpha value is -0.960. The fourth-order valence-corrected chi connectivity index (χ4v) is 7.35. The minimum Gasteiger partial charge on any atom is -0.393 e. The van der Waals surface area contributed by atoms with Gasteiger partial charge in [-0.15, -0.1) is 0 Å². The molecule has 0 saturated heterocycles. The van der Waals surface area contributed by atoms with Gasteiger partial charge in [0.1, 0.15) is 5.78 Å². The maximum atomic E-state index is 12.2. The van der Waals surface area contributed by atoms with E-state index in [1.54, 1.807) is 6.92 Å². The Morgan fingerprint density at radius 3 is 2.67 bits per heavy atom. The molecule has 132 valence electrons. The minimum absolute atomic E-state index is 0.0219. The van der Waals surface area contributed by atoms with Crippen LogP contribution in [0.2, 0.25) is 0 Å². The second-order valence-corrected chi connectivity index (χ2v) is 9.41. The van der Waals surface area contributed by atoms with Crippen LogP contribution >= 0.6 is 0 Å². The highest BCUT2D eigenvalue weighted by atomic mass is 16.3. The zero-order chi connectivity index (χ0) is 17.3. The van der Waals surface area contributed by atoms with E-state index in [2.05, 4.69) is 13.8 Å². The van der Waals surface area contributed by atoms with Gasteiger partial charge in [-0.2, -0.15) is 0 Å². The maximum absolute atomic E-state index is 12.2. The van der Waals surface area contributed by atoms with Crippen molar-refractivity contribution in [3.63, 3.8) is 0 Å². The Labute approximate surface area is 144 Å². The highest BCUT2D eigenvalue weighted by molar-refractivity contribution is 5.91. The zero-order valence-corrected chi connectivity index (χ0v) is 15.2. The third-order valence-electron chi connectivity index (χ3n) is 8.38. The molecular formula is C21H30O3. The van der Waals surface area contributed by atoms with Gasteiger partial charge in [-0.05, 0) is 80.1 Å². The molecule has 1 N–H and O–H groups in total. The van der Waals surface area contributed by atoms with E-state index in [4.69, 9.17) is 0 Å². The van der Waals surface area contributed by atoms with Crippen LogP contribution in [0.25, 0.3) is 0 Å².